The Morgan fingerprint density at radius 3 is 2.57 bits per heavy atom. The van der Waals surface area contributed by atoms with E-state index in [1.807, 2.05) is 4.52 Å². The van der Waals surface area contributed by atoms with Crippen LogP contribution in [0.4, 0.5) is 0 Å². The van der Waals surface area contributed by atoms with Crippen LogP contribution in [-0.4, -0.2) is 9.61 Å². The fraction of sp³-hybridized carbons (Fsp3) is 0.417. The third kappa shape index (κ3) is 1.52. The lowest BCUT2D eigenvalue weighted by Gasteiger charge is -2.13. The molecule has 0 fully saturated rings. The molecule has 0 atom stereocenters. The van der Waals surface area contributed by atoms with Gasteiger partial charge in [0.15, 0.2) is 0 Å². The molecule has 0 unspecified atom stereocenters. The summed E-state index contributed by atoms with van der Waals surface area (Å²) < 4.78 is 1.95. The Morgan fingerprint density at radius 2 is 1.93 bits per heavy atom. The van der Waals surface area contributed by atoms with Crippen LogP contribution in [0.1, 0.15) is 32.0 Å². The molecule has 0 saturated carbocycles. The Labute approximate surface area is 84.6 Å². The van der Waals surface area contributed by atoms with Gasteiger partial charge in [-0.2, -0.15) is 5.10 Å². The number of aromatic nitrogens is 2. The van der Waals surface area contributed by atoms with E-state index < -0.39 is 0 Å². The van der Waals surface area contributed by atoms with Gasteiger partial charge < -0.3 is 0 Å². The average Bonchev–Trinajstić information content (AvgIpc) is 2.45. The minimum atomic E-state index is 0.125. The minimum Gasteiger partial charge on any atom is -0.240 e. The third-order valence-electron chi connectivity index (χ3n) is 2.38. The maximum atomic E-state index is 4.56. The lowest BCUT2D eigenvalue weighted by atomic mass is 9.92. The summed E-state index contributed by atoms with van der Waals surface area (Å²) in [6, 6.07) is 6.38. The molecule has 0 aliphatic rings. The van der Waals surface area contributed by atoms with Gasteiger partial charge in [0, 0.05) is 11.6 Å². The molecule has 2 rings (SSSR count). The molecule has 74 valence electrons. The van der Waals surface area contributed by atoms with Crippen LogP contribution in [0, 0.1) is 6.92 Å². The van der Waals surface area contributed by atoms with Crippen molar-refractivity contribution in [3.63, 3.8) is 0 Å². The van der Waals surface area contributed by atoms with Crippen molar-refractivity contribution >= 4 is 5.52 Å². The Bertz CT molecular complexity index is 461. The number of nitrogens with zero attached hydrogens (tertiary/aromatic N) is 2. The lowest BCUT2D eigenvalue weighted by molar-refractivity contribution is 0.562. The van der Waals surface area contributed by atoms with Crippen molar-refractivity contribution < 1.29 is 0 Å². The molecule has 2 aromatic rings. The van der Waals surface area contributed by atoms with E-state index in [4.69, 9.17) is 0 Å². The zero-order chi connectivity index (χ0) is 10.3. The third-order valence-corrected chi connectivity index (χ3v) is 2.38. The molecule has 0 aliphatic carbocycles. The van der Waals surface area contributed by atoms with Crippen molar-refractivity contribution in [2.45, 2.75) is 33.1 Å². The van der Waals surface area contributed by atoms with Crippen LogP contribution in [0.3, 0.4) is 0 Å². The number of fused-ring (bicyclic) bond motifs is 1. The molecule has 2 heterocycles. The van der Waals surface area contributed by atoms with Crippen LogP contribution >= 0.6 is 0 Å². The zero-order valence-corrected chi connectivity index (χ0v) is 9.20. The van der Waals surface area contributed by atoms with Crippen LogP contribution < -0.4 is 0 Å². The van der Waals surface area contributed by atoms with Gasteiger partial charge in [-0.25, -0.2) is 4.52 Å². The fourth-order valence-corrected chi connectivity index (χ4v) is 1.46. The van der Waals surface area contributed by atoms with Crippen LogP contribution in [0.2, 0.25) is 0 Å². The molecule has 14 heavy (non-hydrogen) atoms. The molecule has 0 aliphatic heterocycles. The Hall–Kier alpha value is -1.31. The van der Waals surface area contributed by atoms with E-state index in [-0.39, 0.29) is 5.41 Å². The number of rotatable bonds is 0. The Morgan fingerprint density at radius 1 is 1.21 bits per heavy atom. The second kappa shape index (κ2) is 2.84. The molecule has 0 bridgehead atoms. The first-order valence-electron chi connectivity index (χ1n) is 4.93. The fourth-order valence-electron chi connectivity index (χ4n) is 1.46. The first-order valence-corrected chi connectivity index (χ1v) is 4.93. The molecule has 0 saturated heterocycles. The first kappa shape index (κ1) is 9.25. The minimum absolute atomic E-state index is 0.125. The van der Waals surface area contributed by atoms with E-state index >= 15 is 0 Å². The van der Waals surface area contributed by atoms with Gasteiger partial charge in [-0.15, -0.1) is 0 Å². The van der Waals surface area contributed by atoms with Gasteiger partial charge in [0.2, 0.25) is 0 Å². The van der Waals surface area contributed by atoms with E-state index in [0.29, 0.717) is 0 Å². The summed E-state index contributed by atoms with van der Waals surface area (Å²) in [7, 11) is 0. The smallest absolute Gasteiger partial charge is 0.0688 e. The van der Waals surface area contributed by atoms with Gasteiger partial charge in [-0.1, -0.05) is 26.8 Å². The molecular weight excluding hydrogens is 172 g/mol. The highest BCUT2D eigenvalue weighted by atomic mass is 15.2. The molecule has 2 heteroatoms. The predicted octanol–water partition coefficient (Wildman–Crippen LogP) is 2.94. The standard InChI is InChI=1S/C12H16N2/c1-9-5-6-10-7-11(12(2,3)4)13-14(10)8-9/h5-8H,1-4H3. The quantitative estimate of drug-likeness (QED) is 0.621. The summed E-state index contributed by atoms with van der Waals surface area (Å²) in [6.07, 6.45) is 2.06. The van der Waals surface area contributed by atoms with E-state index in [1.165, 1.54) is 11.1 Å². The largest absolute Gasteiger partial charge is 0.240 e. The van der Waals surface area contributed by atoms with Gasteiger partial charge in [-0.3, -0.25) is 0 Å². The Balaban J connectivity index is 2.63. The van der Waals surface area contributed by atoms with Gasteiger partial charge in [0.25, 0.3) is 0 Å². The molecule has 0 radical (unpaired) electrons. The van der Waals surface area contributed by atoms with Crippen LogP contribution in [-0.2, 0) is 5.41 Å². The lowest BCUT2D eigenvalue weighted by Crippen LogP contribution is -2.11. The first-order chi connectivity index (χ1) is 6.47. The summed E-state index contributed by atoms with van der Waals surface area (Å²) in [5.74, 6) is 0. The highest BCUT2D eigenvalue weighted by molar-refractivity contribution is 5.49. The molecular formula is C12H16N2. The summed E-state index contributed by atoms with van der Waals surface area (Å²) in [6.45, 7) is 8.63. The maximum absolute atomic E-state index is 4.56. The molecule has 0 amide bonds. The van der Waals surface area contributed by atoms with E-state index in [9.17, 15) is 0 Å². The van der Waals surface area contributed by atoms with Crippen molar-refractivity contribution in [3.8, 4) is 0 Å². The topological polar surface area (TPSA) is 17.3 Å². The van der Waals surface area contributed by atoms with Crippen molar-refractivity contribution in [2.75, 3.05) is 0 Å². The summed E-state index contributed by atoms with van der Waals surface area (Å²) in [5, 5.41) is 4.56. The average molecular weight is 188 g/mol. The number of aryl methyl sites for hydroxylation is 1. The van der Waals surface area contributed by atoms with Gasteiger partial charge in [0.1, 0.15) is 0 Å². The highest BCUT2D eigenvalue weighted by Crippen LogP contribution is 2.22. The molecule has 2 nitrogen and oxygen atoms in total. The summed E-state index contributed by atoms with van der Waals surface area (Å²) in [5.41, 5.74) is 3.67. The summed E-state index contributed by atoms with van der Waals surface area (Å²) >= 11 is 0. The Kier molecular flexibility index (Phi) is 1.88. The van der Waals surface area contributed by atoms with Crippen molar-refractivity contribution in [2.24, 2.45) is 0 Å². The molecule has 0 aromatic carbocycles. The zero-order valence-electron chi connectivity index (χ0n) is 9.20. The van der Waals surface area contributed by atoms with E-state index in [0.717, 1.165) is 5.69 Å². The normalized spacial score (nSPS) is 12.3. The number of hydrogen-bond acceptors (Lipinski definition) is 1. The number of hydrogen-bond donors (Lipinski definition) is 0. The summed E-state index contributed by atoms with van der Waals surface area (Å²) in [4.78, 5) is 0. The van der Waals surface area contributed by atoms with E-state index in [1.54, 1.807) is 0 Å². The SMILES string of the molecule is Cc1ccc2cc(C(C)(C)C)nn2c1. The second-order valence-corrected chi connectivity index (χ2v) is 4.86. The van der Waals surface area contributed by atoms with Crippen molar-refractivity contribution in [1.82, 2.24) is 9.61 Å². The van der Waals surface area contributed by atoms with Gasteiger partial charge in [0.05, 0.1) is 11.2 Å². The molecule has 0 N–H and O–H groups in total. The predicted molar refractivity (Wildman–Crippen MR) is 58.6 cm³/mol. The van der Waals surface area contributed by atoms with Crippen LogP contribution in [0.15, 0.2) is 24.4 Å². The van der Waals surface area contributed by atoms with Gasteiger partial charge in [-0.05, 0) is 24.6 Å². The second-order valence-electron chi connectivity index (χ2n) is 4.86. The van der Waals surface area contributed by atoms with Crippen LogP contribution in [0.25, 0.3) is 5.52 Å². The van der Waals surface area contributed by atoms with E-state index in [2.05, 4.69) is 57.2 Å². The van der Waals surface area contributed by atoms with Crippen molar-refractivity contribution in [3.05, 3.63) is 35.7 Å². The molecule has 0 spiro atoms. The van der Waals surface area contributed by atoms with Crippen molar-refractivity contribution in [1.29, 1.82) is 0 Å². The van der Waals surface area contributed by atoms with Crippen LogP contribution in [0.5, 0.6) is 0 Å². The highest BCUT2D eigenvalue weighted by Gasteiger charge is 2.17. The maximum Gasteiger partial charge on any atom is 0.0688 e. The van der Waals surface area contributed by atoms with Gasteiger partial charge >= 0.3 is 0 Å². The molecule has 2 aromatic heterocycles. The monoisotopic (exact) mass is 188 g/mol. The number of pyridine rings is 1.